The molecule has 4 aromatic rings. The fraction of sp³-hybridized carbons (Fsp3) is 0.120. The third-order valence-electron chi connectivity index (χ3n) is 5.30. The van der Waals surface area contributed by atoms with E-state index in [1.165, 1.54) is 24.3 Å². The number of anilines is 1. The number of pyridine rings is 1. The summed E-state index contributed by atoms with van der Waals surface area (Å²) in [6, 6.07) is 13.8. The lowest BCUT2D eigenvalue weighted by atomic mass is 10.1. The van der Waals surface area contributed by atoms with Gasteiger partial charge in [-0.25, -0.2) is 4.98 Å². The first-order valence-corrected chi connectivity index (χ1v) is 10.8. The molecular formula is C25H17F3N6O2. The van der Waals surface area contributed by atoms with Crippen molar-refractivity contribution in [2.45, 2.75) is 19.1 Å². The van der Waals surface area contributed by atoms with Crippen LogP contribution in [-0.2, 0) is 6.18 Å². The van der Waals surface area contributed by atoms with Crippen LogP contribution in [0.1, 0.15) is 34.6 Å². The number of hydrogen-bond acceptors (Lipinski definition) is 7. The largest absolute Gasteiger partial charge is 0.437 e. The molecule has 1 aliphatic heterocycles. The number of hydrogen-bond donors (Lipinski definition) is 1. The van der Waals surface area contributed by atoms with Gasteiger partial charge in [-0.1, -0.05) is 12.1 Å². The minimum atomic E-state index is -4.52. The Morgan fingerprint density at radius 1 is 1.00 bits per heavy atom. The van der Waals surface area contributed by atoms with Crippen LogP contribution in [0.5, 0.6) is 11.6 Å². The Morgan fingerprint density at radius 3 is 2.56 bits per heavy atom. The number of nitrogens with one attached hydrogen (secondary N) is 1. The second-order valence-corrected chi connectivity index (χ2v) is 7.88. The highest BCUT2D eigenvalue weighted by Gasteiger charge is 2.30. The van der Waals surface area contributed by atoms with Gasteiger partial charge < -0.3 is 10.1 Å². The van der Waals surface area contributed by atoms with Crippen molar-refractivity contribution < 1.29 is 22.7 Å². The van der Waals surface area contributed by atoms with E-state index < -0.39 is 17.6 Å². The summed E-state index contributed by atoms with van der Waals surface area (Å²) in [6.45, 7) is 1.85. The van der Waals surface area contributed by atoms with E-state index >= 15 is 0 Å². The summed E-state index contributed by atoms with van der Waals surface area (Å²) in [6.07, 6.45) is -1.27. The summed E-state index contributed by atoms with van der Waals surface area (Å²) < 4.78 is 44.9. The van der Waals surface area contributed by atoms with Crippen LogP contribution < -0.4 is 10.1 Å². The molecule has 36 heavy (non-hydrogen) atoms. The zero-order valence-corrected chi connectivity index (χ0v) is 18.7. The number of benzene rings is 2. The fourth-order valence-electron chi connectivity index (χ4n) is 3.53. The molecule has 2 aromatic carbocycles. The standard InChI is InChI=1S/C25H17F3N6O2/c1-14-20-21(34-33-14)24(32-22(31-20)15-8-10-29-11-9-15)36-19-7-2-4-16(12-19)23(35)30-18-6-3-5-17(13-18)25(26,27)28/h2-14H,1H3,(H,30,35). The monoisotopic (exact) mass is 490 g/mol. The summed E-state index contributed by atoms with van der Waals surface area (Å²) >= 11 is 0. The molecule has 0 aliphatic carbocycles. The molecule has 5 rings (SSSR count). The van der Waals surface area contributed by atoms with E-state index in [1.54, 1.807) is 36.7 Å². The number of ether oxygens (including phenoxy) is 1. The van der Waals surface area contributed by atoms with Gasteiger partial charge in [0.1, 0.15) is 17.5 Å². The quantitative estimate of drug-likeness (QED) is 0.333. The first-order valence-electron chi connectivity index (χ1n) is 10.8. The Bertz CT molecular complexity index is 1470. The van der Waals surface area contributed by atoms with Crippen LogP contribution in [0.2, 0.25) is 0 Å². The van der Waals surface area contributed by atoms with Crippen molar-refractivity contribution in [1.29, 1.82) is 0 Å². The smallest absolute Gasteiger partial charge is 0.416 e. The SMILES string of the molecule is CC1N=Nc2c(Oc3cccc(C(=O)Nc4cccc(C(F)(F)F)c4)c3)nc(-c3ccncc3)nc21. The molecule has 0 saturated carbocycles. The number of carbonyl (C=O) groups excluding carboxylic acids is 1. The fourth-order valence-corrected chi connectivity index (χ4v) is 3.53. The van der Waals surface area contributed by atoms with E-state index in [0.717, 1.165) is 17.7 Å². The molecule has 1 unspecified atom stereocenters. The van der Waals surface area contributed by atoms with Crippen LogP contribution in [0.15, 0.2) is 83.3 Å². The normalized spacial score (nSPS) is 14.4. The number of amides is 1. The molecule has 11 heteroatoms. The maximum atomic E-state index is 13.0. The molecule has 3 heterocycles. The van der Waals surface area contributed by atoms with Gasteiger partial charge in [-0.05, 0) is 55.5 Å². The number of aromatic nitrogens is 3. The van der Waals surface area contributed by atoms with E-state index in [2.05, 4.69) is 30.5 Å². The van der Waals surface area contributed by atoms with Crippen LogP contribution in [0, 0.1) is 0 Å². The highest BCUT2D eigenvalue weighted by molar-refractivity contribution is 6.04. The van der Waals surface area contributed by atoms with E-state index in [0.29, 0.717) is 17.2 Å². The van der Waals surface area contributed by atoms with Gasteiger partial charge in [0.05, 0.1) is 5.56 Å². The maximum absolute atomic E-state index is 13.0. The molecule has 1 atom stereocenters. The van der Waals surface area contributed by atoms with Crippen LogP contribution in [0.3, 0.4) is 0 Å². The van der Waals surface area contributed by atoms with E-state index in [-0.39, 0.29) is 28.9 Å². The van der Waals surface area contributed by atoms with Crippen LogP contribution in [0.25, 0.3) is 11.4 Å². The molecular weight excluding hydrogens is 473 g/mol. The zero-order valence-electron chi connectivity index (χ0n) is 18.7. The Balaban J connectivity index is 1.42. The van der Waals surface area contributed by atoms with Gasteiger partial charge in [-0.2, -0.15) is 23.3 Å². The van der Waals surface area contributed by atoms with Crippen molar-refractivity contribution in [3.63, 3.8) is 0 Å². The highest BCUT2D eigenvalue weighted by atomic mass is 19.4. The third kappa shape index (κ3) is 4.76. The molecule has 0 fully saturated rings. The van der Waals surface area contributed by atoms with Gasteiger partial charge in [-0.15, -0.1) is 5.11 Å². The minimum absolute atomic E-state index is 0.0196. The van der Waals surface area contributed by atoms with Gasteiger partial charge in [0, 0.05) is 29.2 Å². The molecule has 1 aliphatic rings. The van der Waals surface area contributed by atoms with Crippen LogP contribution in [-0.4, -0.2) is 20.9 Å². The Morgan fingerprint density at radius 2 is 1.78 bits per heavy atom. The van der Waals surface area contributed by atoms with Gasteiger partial charge in [0.25, 0.3) is 11.8 Å². The highest BCUT2D eigenvalue weighted by Crippen LogP contribution is 2.42. The lowest BCUT2D eigenvalue weighted by Gasteiger charge is -2.12. The van der Waals surface area contributed by atoms with Gasteiger partial charge >= 0.3 is 6.18 Å². The lowest BCUT2D eigenvalue weighted by molar-refractivity contribution is -0.137. The average Bonchev–Trinajstić information content (AvgIpc) is 3.25. The van der Waals surface area contributed by atoms with E-state index in [9.17, 15) is 18.0 Å². The van der Waals surface area contributed by atoms with E-state index in [1.807, 2.05) is 6.92 Å². The molecule has 0 bridgehead atoms. The van der Waals surface area contributed by atoms with Crippen LogP contribution >= 0.6 is 0 Å². The maximum Gasteiger partial charge on any atom is 0.416 e. The first-order chi connectivity index (χ1) is 17.3. The summed E-state index contributed by atoms with van der Waals surface area (Å²) in [5, 5.41) is 10.8. The van der Waals surface area contributed by atoms with Crippen molar-refractivity contribution in [1.82, 2.24) is 15.0 Å². The Kier molecular flexibility index (Phi) is 5.88. The van der Waals surface area contributed by atoms with Gasteiger partial charge in [-0.3, -0.25) is 9.78 Å². The Labute approximate surface area is 202 Å². The van der Waals surface area contributed by atoms with Crippen molar-refractivity contribution in [2.24, 2.45) is 10.2 Å². The molecule has 0 saturated heterocycles. The second kappa shape index (κ2) is 9.17. The molecule has 1 amide bonds. The number of fused-ring (bicyclic) bond motifs is 1. The third-order valence-corrected chi connectivity index (χ3v) is 5.30. The summed E-state index contributed by atoms with van der Waals surface area (Å²) in [4.78, 5) is 25.8. The zero-order chi connectivity index (χ0) is 25.3. The van der Waals surface area contributed by atoms with Crippen molar-refractivity contribution >= 4 is 17.3 Å². The van der Waals surface area contributed by atoms with E-state index in [4.69, 9.17) is 4.74 Å². The summed E-state index contributed by atoms with van der Waals surface area (Å²) in [7, 11) is 0. The summed E-state index contributed by atoms with van der Waals surface area (Å²) in [5.74, 6) is 0.251. The number of carbonyl (C=O) groups is 1. The van der Waals surface area contributed by atoms with Crippen molar-refractivity contribution in [3.8, 4) is 23.0 Å². The van der Waals surface area contributed by atoms with Crippen LogP contribution in [0.4, 0.5) is 24.5 Å². The van der Waals surface area contributed by atoms with Gasteiger partial charge in [0.15, 0.2) is 11.5 Å². The molecule has 180 valence electrons. The molecule has 1 N–H and O–H groups in total. The topological polar surface area (TPSA) is 102 Å². The number of halogens is 3. The van der Waals surface area contributed by atoms with Crippen molar-refractivity contribution in [2.75, 3.05) is 5.32 Å². The first kappa shape index (κ1) is 23.1. The predicted molar refractivity (Wildman–Crippen MR) is 124 cm³/mol. The number of azo groups is 1. The number of nitrogens with zero attached hydrogens (tertiary/aromatic N) is 5. The second-order valence-electron chi connectivity index (χ2n) is 7.88. The Hall–Kier alpha value is -4.67. The predicted octanol–water partition coefficient (Wildman–Crippen LogP) is 6.76. The molecule has 0 spiro atoms. The average molecular weight is 490 g/mol. The lowest BCUT2D eigenvalue weighted by Crippen LogP contribution is -2.13. The van der Waals surface area contributed by atoms with Crippen molar-refractivity contribution in [3.05, 3.63) is 89.9 Å². The molecule has 2 aromatic heterocycles. The molecule has 8 nitrogen and oxygen atoms in total. The van der Waals surface area contributed by atoms with Gasteiger partial charge in [0.2, 0.25) is 0 Å². The minimum Gasteiger partial charge on any atom is -0.437 e. The number of alkyl halides is 3. The molecule has 0 radical (unpaired) electrons. The summed E-state index contributed by atoms with van der Waals surface area (Å²) in [5.41, 5.74) is 1.06. The number of rotatable bonds is 5.